The fourth-order valence-electron chi connectivity index (χ4n) is 2.22. The predicted molar refractivity (Wildman–Crippen MR) is 89.1 cm³/mol. The van der Waals surface area contributed by atoms with Gasteiger partial charge >= 0.3 is 0 Å². The second kappa shape index (κ2) is 6.44. The molecule has 21 heavy (non-hydrogen) atoms. The van der Waals surface area contributed by atoms with Gasteiger partial charge in [0.1, 0.15) is 0 Å². The highest BCUT2D eigenvalue weighted by atomic mass is 35.5. The Kier molecular flexibility index (Phi) is 4.84. The van der Waals surface area contributed by atoms with Crippen molar-refractivity contribution in [1.82, 2.24) is 0 Å². The van der Waals surface area contributed by atoms with Crippen molar-refractivity contribution in [2.45, 2.75) is 38.0 Å². The Morgan fingerprint density at radius 2 is 1.57 bits per heavy atom. The Hall–Kier alpha value is -1.60. The Morgan fingerprint density at radius 1 is 1.00 bits per heavy atom. The molecule has 1 unspecified atom stereocenters. The molecule has 0 fully saturated rings. The zero-order valence-electron chi connectivity index (χ0n) is 12.8. The average Bonchev–Trinajstić information content (AvgIpc) is 2.47. The third-order valence-electron chi connectivity index (χ3n) is 3.60. The first-order valence-electron chi connectivity index (χ1n) is 7.20. The quantitative estimate of drug-likeness (QED) is 0.535. The number of Topliss-reactive ketones (excluding diaryl/α,β-unsaturated/α-hetero) is 1. The molecule has 110 valence electrons. The van der Waals surface area contributed by atoms with Crippen LogP contribution in [0.25, 0.3) is 0 Å². The lowest BCUT2D eigenvalue weighted by molar-refractivity contribution is 0.0981. The third-order valence-corrected chi connectivity index (χ3v) is 4.01. The fraction of sp³-hybridized carbons (Fsp3) is 0.316. The number of halogens is 1. The van der Waals surface area contributed by atoms with E-state index in [1.807, 2.05) is 54.6 Å². The average molecular weight is 301 g/mol. The van der Waals surface area contributed by atoms with E-state index in [1.54, 1.807) is 0 Å². The molecule has 0 saturated carbocycles. The Labute approximate surface area is 132 Å². The lowest BCUT2D eigenvalue weighted by atomic mass is 9.86. The summed E-state index contributed by atoms with van der Waals surface area (Å²) in [6.45, 7) is 6.48. The van der Waals surface area contributed by atoms with Crippen LogP contribution in [0.1, 0.15) is 54.1 Å². The standard InChI is InChI=1S/C19H21ClO/c1-19(2,3)16-11-9-15(10-12-16)18(21)13-17(20)14-7-5-4-6-8-14/h4-12,17H,13H2,1-3H3. The smallest absolute Gasteiger partial charge is 0.164 e. The summed E-state index contributed by atoms with van der Waals surface area (Å²) in [6.07, 6.45) is 0.320. The molecule has 2 aromatic carbocycles. The highest BCUT2D eigenvalue weighted by molar-refractivity contribution is 6.22. The van der Waals surface area contributed by atoms with Gasteiger partial charge in [-0.25, -0.2) is 0 Å². The first-order chi connectivity index (χ1) is 9.88. The topological polar surface area (TPSA) is 17.1 Å². The maximum Gasteiger partial charge on any atom is 0.164 e. The van der Waals surface area contributed by atoms with Gasteiger partial charge in [-0.05, 0) is 16.5 Å². The van der Waals surface area contributed by atoms with Gasteiger partial charge in [0, 0.05) is 12.0 Å². The van der Waals surface area contributed by atoms with Crippen LogP contribution in [0.2, 0.25) is 0 Å². The summed E-state index contributed by atoms with van der Waals surface area (Å²) in [6, 6.07) is 17.6. The van der Waals surface area contributed by atoms with E-state index < -0.39 is 0 Å². The molecular formula is C19H21ClO. The molecular weight excluding hydrogens is 280 g/mol. The van der Waals surface area contributed by atoms with Gasteiger partial charge in [0.2, 0.25) is 0 Å². The van der Waals surface area contributed by atoms with Crippen LogP contribution in [-0.2, 0) is 5.41 Å². The van der Waals surface area contributed by atoms with E-state index in [9.17, 15) is 4.79 Å². The molecule has 0 N–H and O–H groups in total. The van der Waals surface area contributed by atoms with Crippen molar-refractivity contribution >= 4 is 17.4 Å². The molecule has 0 aromatic heterocycles. The van der Waals surface area contributed by atoms with Gasteiger partial charge in [-0.15, -0.1) is 11.6 Å². The summed E-state index contributed by atoms with van der Waals surface area (Å²) < 4.78 is 0. The third kappa shape index (κ3) is 4.18. The molecule has 0 heterocycles. The fourth-order valence-corrected chi connectivity index (χ4v) is 2.50. The maximum absolute atomic E-state index is 12.3. The Bertz CT molecular complexity index is 594. The van der Waals surface area contributed by atoms with Gasteiger partial charge in [-0.1, -0.05) is 75.4 Å². The molecule has 0 amide bonds. The second-order valence-electron chi connectivity index (χ2n) is 6.33. The molecule has 0 spiro atoms. The van der Waals surface area contributed by atoms with Gasteiger partial charge in [0.05, 0.1) is 5.38 Å². The molecule has 0 bridgehead atoms. The van der Waals surface area contributed by atoms with Crippen molar-refractivity contribution in [3.63, 3.8) is 0 Å². The SMILES string of the molecule is CC(C)(C)c1ccc(C(=O)CC(Cl)c2ccccc2)cc1. The van der Waals surface area contributed by atoms with E-state index in [4.69, 9.17) is 11.6 Å². The zero-order valence-corrected chi connectivity index (χ0v) is 13.5. The monoisotopic (exact) mass is 300 g/mol. The number of ketones is 1. The molecule has 2 aromatic rings. The maximum atomic E-state index is 12.3. The van der Waals surface area contributed by atoms with Crippen LogP contribution < -0.4 is 0 Å². The number of carbonyl (C=O) groups is 1. The van der Waals surface area contributed by atoms with E-state index in [0.29, 0.717) is 6.42 Å². The summed E-state index contributed by atoms with van der Waals surface area (Å²) in [7, 11) is 0. The predicted octanol–water partition coefficient (Wildman–Crippen LogP) is 5.54. The van der Waals surface area contributed by atoms with Gasteiger partial charge in [-0.3, -0.25) is 4.79 Å². The Balaban J connectivity index is 2.07. The summed E-state index contributed by atoms with van der Waals surface area (Å²) in [4.78, 5) is 12.3. The summed E-state index contributed by atoms with van der Waals surface area (Å²) in [5.74, 6) is 0.0827. The normalized spacial score (nSPS) is 13.0. The van der Waals surface area contributed by atoms with Crippen LogP contribution in [0.15, 0.2) is 54.6 Å². The molecule has 0 aliphatic heterocycles. The van der Waals surface area contributed by atoms with Gasteiger partial charge in [-0.2, -0.15) is 0 Å². The number of benzene rings is 2. The second-order valence-corrected chi connectivity index (χ2v) is 6.86. The lowest BCUT2D eigenvalue weighted by Gasteiger charge is -2.19. The summed E-state index contributed by atoms with van der Waals surface area (Å²) >= 11 is 6.33. The molecule has 0 aliphatic carbocycles. The van der Waals surface area contributed by atoms with Gasteiger partial charge in [0.25, 0.3) is 0 Å². The minimum atomic E-state index is -0.277. The lowest BCUT2D eigenvalue weighted by Crippen LogP contribution is -2.11. The largest absolute Gasteiger partial charge is 0.294 e. The van der Waals surface area contributed by atoms with Crippen molar-refractivity contribution in [2.75, 3.05) is 0 Å². The van der Waals surface area contributed by atoms with Gasteiger partial charge < -0.3 is 0 Å². The summed E-state index contributed by atoms with van der Waals surface area (Å²) in [5.41, 5.74) is 3.04. The van der Waals surface area contributed by atoms with Crippen molar-refractivity contribution in [3.8, 4) is 0 Å². The highest BCUT2D eigenvalue weighted by Crippen LogP contribution is 2.27. The van der Waals surface area contributed by atoms with Crippen molar-refractivity contribution in [2.24, 2.45) is 0 Å². The van der Waals surface area contributed by atoms with E-state index in [1.165, 1.54) is 5.56 Å². The van der Waals surface area contributed by atoms with Crippen LogP contribution in [0.5, 0.6) is 0 Å². The van der Waals surface area contributed by atoms with Crippen molar-refractivity contribution in [3.05, 3.63) is 71.3 Å². The van der Waals surface area contributed by atoms with Gasteiger partial charge in [0.15, 0.2) is 5.78 Å². The van der Waals surface area contributed by atoms with Crippen molar-refractivity contribution in [1.29, 1.82) is 0 Å². The molecule has 2 heteroatoms. The summed E-state index contributed by atoms with van der Waals surface area (Å²) in [5, 5.41) is -0.277. The molecule has 1 nitrogen and oxygen atoms in total. The van der Waals surface area contributed by atoms with E-state index in [2.05, 4.69) is 20.8 Å². The molecule has 0 saturated heterocycles. The minimum Gasteiger partial charge on any atom is -0.294 e. The zero-order chi connectivity index (χ0) is 15.5. The number of rotatable bonds is 4. The van der Waals surface area contributed by atoms with Crippen LogP contribution in [0.3, 0.4) is 0 Å². The molecule has 0 aliphatic rings. The minimum absolute atomic E-state index is 0.0827. The first-order valence-corrected chi connectivity index (χ1v) is 7.64. The highest BCUT2D eigenvalue weighted by Gasteiger charge is 2.17. The van der Waals surface area contributed by atoms with E-state index in [0.717, 1.165) is 11.1 Å². The van der Waals surface area contributed by atoms with E-state index >= 15 is 0 Å². The number of hydrogen-bond acceptors (Lipinski definition) is 1. The first kappa shape index (κ1) is 15.8. The van der Waals surface area contributed by atoms with Crippen molar-refractivity contribution < 1.29 is 4.79 Å². The van der Waals surface area contributed by atoms with Crippen LogP contribution in [-0.4, -0.2) is 5.78 Å². The van der Waals surface area contributed by atoms with Crippen LogP contribution >= 0.6 is 11.6 Å². The molecule has 1 atom stereocenters. The van der Waals surface area contributed by atoms with Crippen LogP contribution in [0.4, 0.5) is 0 Å². The number of carbonyl (C=O) groups excluding carboxylic acids is 1. The Morgan fingerprint density at radius 3 is 2.10 bits per heavy atom. The molecule has 0 radical (unpaired) electrons. The van der Waals surface area contributed by atoms with Crippen LogP contribution in [0, 0.1) is 0 Å². The number of hydrogen-bond donors (Lipinski definition) is 0. The van der Waals surface area contributed by atoms with E-state index in [-0.39, 0.29) is 16.6 Å². The molecule has 2 rings (SSSR count). The number of alkyl halides is 1.